The first-order valence-corrected chi connectivity index (χ1v) is 5.91. The Kier molecular flexibility index (Phi) is 5.38. The van der Waals surface area contributed by atoms with E-state index in [-0.39, 0.29) is 5.41 Å². The molecule has 1 aromatic rings. The number of hydrogen-bond donors (Lipinski definition) is 1. The van der Waals surface area contributed by atoms with Crippen LogP contribution in [0, 0.1) is 5.41 Å². The highest BCUT2D eigenvalue weighted by Gasteiger charge is 2.21. The Labute approximate surface area is 104 Å². The van der Waals surface area contributed by atoms with Crippen LogP contribution in [-0.4, -0.2) is 36.6 Å². The van der Waals surface area contributed by atoms with E-state index in [4.69, 9.17) is 4.74 Å². The summed E-state index contributed by atoms with van der Waals surface area (Å²) in [7, 11) is 3.65. The quantitative estimate of drug-likeness (QED) is 0.548. The van der Waals surface area contributed by atoms with Crippen molar-refractivity contribution in [2.75, 3.05) is 26.8 Å². The molecule has 0 fully saturated rings. The van der Waals surface area contributed by atoms with E-state index in [1.54, 1.807) is 7.11 Å². The maximum absolute atomic E-state index is 5.01. The van der Waals surface area contributed by atoms with E-state index in [1.165, 1.54) is 0 Å². The van der Waals surface area contributed by atoms with Crippen LogP contribution in [0.2, 0.25) is 0 Å². The Morgan fingerprint density at radius 3 is 2.94 bits per heavy atom. The van der Waals surface area contributed by atoms with Crippen molar-refractivity contribution in [3.8, 4) is 0 Å². The molecule has 0 bridgehead atoms. The van der Waals surface area contributed by atoms with E-state index in [9.17, 15) is 0 Å². The van der Waals surface area contributed by atoms with Gasteiger partial charge in [0.2, 0.25) is 0 Å². The first-order chi connectivity index (χ1) is 8.09. The average molecular weight is 237 g/mol. The van der Waals surface area contributed by atoms with E-state index in [1.807, 2.05) is 24.0 Å². The van der Waals surface area contributed by atoms with Crippen molar-refractivity contribution in [1.29, 1.82) is 0 Å². The fourth-order valence-corrected chi connectivity index (χ4v) is 1.73. The lowest BCUT2D eigenvalue weighted by molar-refractivity contribution is 0.195. The van der Waals surface area contributed by atoms with Gasteiger partial charge in [-0.25, -0.2) is 0 Å². The predicted molar refractivity (Wildman–Crippen MR) is 70.0 cm³/mol. The molecular weight excluding hydrogens is 214 g/mol. The molecule has 1 aromatic heterocycles. The number of rotatable bonds is 8. The summed E-state index contributed by atoms with van der Waals surface area (Å²) in [4.78, 5) is 0. The molecule has 0 radical (unpaired) electrons. The van der Waals surface area contributed by atoms with Crippen LogP contribution in [0.25, 0.3) is 0 Å². The molecule has 0 spiro atoms. The molecule has 0 aromatic carbocycles. The minimum Gasteiger partial charge on any atom is -0.383 e. The van der Waals surface area contributed by atoms with Crippen molar-refractivity contribution in [2.45, 2.75) is 13.3 Å². The van der Waals surface area contributed by atoms with Crippen LogP contribution in [0.1, 0.15) is 12.6 Å². The van der Waals surface area contributed by atoms with Crippen molar-refractivity contribution >= 4 is 0 Å². The van der Waals surface area contributed by atoms with Gasteiger partial charge in [-0.15, -0.1) is 6.58 Å². The number of hydrogen-bond acceptors (Lipinski definition) is 3. The van der Waals surface area contributed by atoms with Crippen LogP contribution in [0.15, 0.2) is 24.9 Å². The molecule has 1 N–H and O–H groups in total. The Morgan fingerprint density at radius 1 is 1.65 bits per heavy atom. The number of nitrogens with zero attached hydrogens (tertiary/aromatic N) is 2. The Bertz CT molecular complexity index is 348. The maximum atomic E-state index is 5.01. The van der Waals surface area contributed by atoms with Crippen molar-refractivity contribution in [1.82, 2.24) is 15.1 Å². The summed E-state index contributed by atoms with van der Waals surface area (Å²) in [6.07, 6.45) is 4.87. The highest BCUT2D eigenvalue weighted by Crippen LogP contribution is 2.22. The van der Waals surface area contributed by atoms with Gasteiger partial charge >= 0.3 is 0 Å². The molecule has 1 heterocycles. The van der Waals surface area contributed by atoms with Crippen LogP contribution in [0.4, 0.5) is 0 Å². The normalized spacial score (nSPS) is 14.5. The minimum atomic E-state index is 0.0299. The van der Waals surface area contributed by atoms with Gasteiger partial charge in [-0.3, -0.25) is 4.68 Å². The number of aryl methyl sites for hydroxylation is 1. The van der Waals surface area contributed by atoms with Crippen LogP contribution in [0.3, 0.4) is 0 Å². The van der Waals surface area contributed by atoms with Gasteiger partial charge in [0.05, 0.1) is 12.3 Å². The second kappa shape index (κ2) is 6.57. The third-order valence-corrected chi connectivity index (χ3v) is 2.86. The molecule has 1 rings (SSSR count). The SMILES string of the molecule is C=CC(C)(CNCCOC)Cc1ccn(C)n1. The molecule has 4 nitrogen and oxygen atoms in total. The van der Waals surface area contributed by atoms with Crippen molar-refractivity contribution in [3.63, 3.8) is 0 Å². The summed E-state index contributed by atoms with van der Waals surface area (Å²) in [6.45, 7) is 8.60. The maximum Gasteiger partial charge on any atom is 0.0633 e. The van der Waals surface area contributed by atoms with E-state index < -0.39 is 0 Å². The summed E-state index contributed by atoms with van der Waals surface area (Å²) in [5.41, 5.74) is 1.13. The lowest BCUT2D eigenvalue weighted by Crippen LogP contribution is -2.34. The standard InChI is InChI=1S/C13H23N3O/c1-5-13(2,11-14-7-9-17-4)10-12-6-8-16(3)15-12/h5-6,8,14H,1,7,9-11H2,2-4H3. The number of ether oxygens (including phenoxy) is 1. The van der Waals surface area contributed by atoms with Gasteiger partial charge in [0, 0.05) is 45.3 Å². The largest absolute Gasteiger partial charge is 0.383 e. The molecule has 1 unspecified atom stereocenters. The minimum absolute atomic E-state index is 0.0299. The summed E-state index contributed by atoms with van der Waals surface area (Å²) in [6, 6.07) is 2.05. The van der Waals surface area contributed by atoms with Gasteiger partial charge in [0.25, 0.3) is 0 Å². The lowest BCUT2D eigenvalue weighted by Gasteiger charge is -2.25. The smallest absolute Gasteiger partial charge is 0.0633 e. The molecule has 0 saturated carbocycles. The molecule has 17 heavy (non-hydrogen) atoms. The second-order valence-electron chi connectivity index (χ2n) is 4.69. The highest BCUT2D eigenvalue weighted by molar-refractivity contribution is 5.07. The molecule has 1 atom stereocenters. The van der Waals surface area contributed by atoms with E-state index in [2.05, 4.69) is 30.0 Å². The number of aromatic nitrogens is 2. The van der Waals surface area contributed by atoms with Crippen molar-refractivity contribution < 1.29 is 4.74 Å². The average Bonchev–Trinajstić information content (AvgIpc) is 2.70. The molecule has 0 aliphatic heterocycles. The zero-order valence-electron chi connectivity index (χ0n) is 11.1. The molecule has 0 amide bonds. The topological polar surface area (TPSA) is 39.1 Å². The predicted octanol–water partition coefficient (Wildman–Crippen LogP) is 1.39. The van der Waals surface area contributed by atoms with Crippen LogP contribution >= 0.6 is 0 Å². The summed E-state index contributed by atoms with van der Waals surface area (Å²) in [5.74, 6) is 0. The zero-order chi connectivity index (χ0) is 12.7. The fourth-order valence-electron chi connectivity index (χ4n) is 1.73. The molecule has 96 valence electrons. The highest BCUT2D eigenvalue weighted by atomic mass is 16.5. The first kappa shape index (κ1) is 13.9. The molecule has 0 saturated heterocycles. The van der Waals surface area contributed by atoms with Gasteiger partial charge in [-0.05, 0) is 6.07 Å². The van der Waals surface area contributed by atoms with Crippen LogP contribution in [-0.2, 0) is 18.2 Å². The molecule has 0 aliphatic rings. The monoisotopic (exact) mass is 237 g/mol. The van der Waals surface area contributed by atoms with E-state index in [0.29, 0.717) is 0 Å². The third kappa shape index (κ3) is 4.71. The van der Waals surface area contributed by atoms with Gasteiger partial charge in [-0.2, -0.15) is 5.10 Å². The summed E-state index contributed by atoms with van der Waals surface area (Å²) < 4.78 is 6.84. The summed E-state index contributed by atoms with van der Waals surface area (Å²) >= 11 is 0. The first-order valence-electron chi connectivity index (χ1n) is 5.91. The number of methoxy groups -OCH3 is 1. The second-order valence-corrected chi connectivity index (χ2v) is 4.69. The number of nitrogens with one attached hydrogen (secondary N) is 1. The van der Waals surface area contributed by atoms with Crippen LogP contribution in [0.5, 0.6) is 0 Å². The van der Waals surface area contributed by atoms with Gasteiger partial charge in [0.15, 0.2) is 0 Å². The van der Waals surface area contributed by atoms with E-state index >= 15 is 0 Å². The lowest BCUT2D eigenvalue weighted by atomic mass is 9.85. The zero-order valence-corrected chi connectivity index (χ0v) is 11.1. The Balaban J connectivity index is 2.47. The van der Waals surface area contributed by atoms with Gasteiger partial charge < -0.3 is 10.1 Å². The van der Waals surface area contributed by atoms with Gasteiger partial charge in [0.1, 0.15) is 0 Å². The third-order valence-electron chi connectivity index (χ3n) is 2.86. The summed E-state index contributed by atoms with van der Waals surface area (Å²) in [5, 5.41) is 7.78. The molecule has 0 aliphatic carbocycles. The van der Waals surface area contributed by atoms with E-state index in [0.717, 1.165) is 31.8 Å². The van der Waals surface area contributed by atoms with Crippen LogP contribution < -0.4 is 5.32 Å². The Morgan fingerprint density at radius 2 is 2.41 bits per heavy atom. The fraction of sp³-hybridized carbons (Fsp3) is 0.615. The van der Waals surface area contributed by atoms with Gasteiger partial charge in [-0.1, -0.05) is 13.0 Å². The van der Waals surface area contributed by atoms with Crippen molar-refractivity contribution in [2.24, 2.45) is 12.5 Å². The molecular formula is C13H23N3O. The molecule has 4 heteroatoms. The van der Waals surface area contributed by atoms with Crippen molar-refractivity contribution in [3.05, 3.63) is 30.6 Å². The Hall–Kier alpha value is -1.13.